The van der Waals surface area contributed by atoms with Gasteiger partial charge in [0.2, 0.25) is 16.0 Å². The maximum Gasteiger partial charge on any atom is 0.331 e. The lowest BCUT2D eigenvalue weighted by Crippen LogP contribution is -2.46. The van der Waals surface area contributed by atoms with Crippen molar-refractivity contribution in [2.75, 3.05) is 56.7 Å². The number of anilines is 4. The van der Waals surface area contributed by atoms with Gasteiger partial charge in [0.25, 0.3) is 0 Å². The van der Waals surface area contributed by atoms with E-state index in [1.807, 2.05) is 0 Å². The van der Waals surface area contributed by atoms with Crippen LogP contribution in [0.3, 0.4) is 0 Å². The van der Waals surface area contributed by atoms with Crippen LogP contribution < -0.4 is 10.6 Å². The third-order valence-electron chi connectivity index (χ3n) is 6.97. The van der Waals surface area contributed by atoms with Crippen LogP contribution in [0.25, 0.3) is 0 Å². The summed E-state index contributed by atoms with van der Waals surface area (Å²) in [6.07, 6.45) is 3.23. The number of likely N-dealkylation sites (tertiary alicyclic amines) is 1. The normalized spacial score (nSPS) is 15.2. The van der Waals surface area contributed by atoms with Crippen molar-refractivity contribution in [1.82, 2.24) is 19.2 Å². The van der Waals surface area contributed by atoms with Crippen LogP contribution in [-0.2, 0) is 23.6 Å². The number of rotatable bonds is 14. The molecule has 1 fully saturated rings. The Morgan fingerprint density at radius 2 is 1.57 bits per heavy atom. The van der Waals surface area contributed by atoms with E-state index in [-0.39, 0.29) is 16.8 Å². The van der Waals surface area contributed by atoms with Crippen LogP contribution in [0.5, 0.6) is 0 Å². The summed E-state index contributed by atoms with van der Waals surface area (Å²) in [5, 5.41) is 6.17. The highest BCUT2D eigenvalue weighted by Gasteiger charge is 2.32. The number of halogens is 1. The molecule has 0 amide bonds. The zero-order valence-corrected chi connectivity index (χ0v) is 25.8. The molecule has 228 valence electrons. The number of benzene rings is 2. The van der Waals surface area contributed by atoms with Crippen LogP contribution in [0.1, 0.15) is 26.7 Å². The zero-order chi connectivity index (χ0) is 30.2. The van der Waals surface area contributed by atoms with Gasteiger partial charge in [-0.1, -0.05) is 0 Å². The van der Waals surface area contributed by atoms with Crippen molar-refractivity contribution in [3.05, 3.63) is 66.6 Å². The van der Waals surface area contributed by atoms with E-state index in [9.17, 15) is 17.4 Å². The third-order valence-corrected chi connectivity index (χ3v) is 10.9. The van der Waals surface area contributed by atoms with Crippen molar-refractivity contribution in [3.8, 4) is 0 Å². The first-order chi connectivity index (χ1) is 20.1. The second kappa shape index (κ2) is 14.5. The Hall–Kier alpha value is -2.93. The van der Waals surface area contributed by atoms with Gasteiger partial charge in [-0.05, 0) is 94.4 Å². The van der Waals surface area contributed by atoms with Crippen molar-refractivity contribution in [1.29, 1.82) is 0 Å². The lowest BCUT2D eigenvalue weighted by Gasteiger charge is -2.36. The summed E-state index contributed by atoms with van der Waals surface area (Å²) in [5.41, 5.74) is 1.31. The number of nitrogens with one attached hydrogen (secondary N) is 2. The molecule has 0 radical (unpaired) electrons. The fourth-order valence-electron chi connectivity index (χ4n) is 4.70. The number of hydrogen-bond acceptors (Lipinski definition) is 10. The van der Waals surface area contributed by atoms with Gasteiger partial charge in [-0.3, -0.25) is 4.57 Å². The van der Waals surface area contributed by atoms with Gasteiger partial charge in [0.05, 0.1) is 24.3 Å². The average Bonchev–Trinajstić information content (AvgIpc) is 2.98. The molecular weight excluding hydrogens is 582 g/mol. The number of aromatic nitrogens is 2. The largest absolute Gasteiger partial charge is 0.340 e. The second-order valence-electron chi connectivity index (χ2n) is 9.81. The molecule has 3 aromatic rings. The Morgan fingerprint density at radius 3 is 2.19 bits per heavy atom. The SMILES string of the molecule is CCOP(=O)(CCN1CCC(N(C)S(=O)(=O)c2ccc(Nc3nccc(Nc4ccc(F)cc4)n3)cc2)CC1)OCC. The lowest BCUT2D eigenvalue weighted by atomic mass is 10.1. The van der Waals surface area contributed by atoms with Crippen LogP contribution in [0, 0.1) is 5.82 Å². The van der Waals surface area contributed by atoms with E-state index >= 15 is 0 Å². The van der Waals surface area contributed by atoms with Gasteiger partial charge in [0, 0.05) is 37.2 Å². The molecule has 1 aliphatic heterocycles. The summed E-state index contributed by atoms with van der Waals surface area (Å²) in [7, 11) is -5.19. The number of piperidine rings is 1. The third kappa shape index (κ3) is 8.56. The molecule has 1 saturated heterocycles. The maximum atomic E-state index is 13.4. The summed E-state index contributed by atoms with van der Waals surface area (Å²) < 4.78 is 64.9. The van der Waals surface area contributed by atoms with Gasteiger partial charge in [-0.15, -0.1) is 0 Å². The van der Waals surface area contributed by atoms with Gasteiger partial charge in [0.15, 0.2) is 0 Å². The number of nitrogens with zero attached hydrogens (tertiary/aromatic N) is 4. The molecule has 1 aliphatic rings. The summed E-state index contributed by atoms with van der Waals surface area (Å²) in [6, 6.07) is 13.9. The van der Waals surface area contributed by atoms with Crippen LogP contribution in [-0.4, -0.2) is 79.7 Å². The average molecular weight is 621 g/mol. The molecular formula is C28H38FN6O5PS. The summed E-state index contributed by atoms with van der Waals surface area (Å²) >= 11 is 0. The molecule has 1 aromatic heterocycles. The Balaban J connectivity index is 1.31. The van der Waals surface area contributed by atoms with Crippen LogP contribution >= 0.6 is 7.60 Å². The predicted molar refractivity (Wildman–Crippen MR) is 162 cm³/mol. The highest BCUT2D eigenvalue weighted by atomic mass is 32.2. The topological polar surface area (TPSA) is 126 Å². The van der Waals surface area contributed by atoms with Gasteiger partial charge < -0.3 is 24.6 Å². The van der Waals surface area contributed by atoms with E-state index in [4.69, 9.17) is 9.05 Å². The molecule has 0 unspecified atom stereocenters. The van der Waals surface area contributed by atoms with E-state index in [0.717, 1.165) is 0 Å². The molecule has 4 rings (SSSR count). The molecule has 0 spiro atoms. The molecule has 14 heteroatoms. The van der Waals surface area contributed by atoms with Crippen molar-refractivity contribution >= 4 is 40.8 Å². The van der Waals surface area contributed by atoms with E-state index in [0.29, 0.717) is 75.0 Å². The number of hydrogen-bond donors (Lipinski definition) is 2. The molecule has 0 saturated carbocycles. The summed E-state index contributed by atoms with van der Waals surface area (Å²) in [6.45, 7) is 6.21. The van der Waals surface area contributed by atoms with Crippen LogP contribution in [0.15, 0.2) is 65.7 Å². The van der Waals surface area contributed by atoms with Crippen molar-refractivity contribution in [3.63, 3.8) is 0 Å². The van der Waals surface area contributed by atoms with E-state index in [2.05, 4.69) is 25.5 Å². The quantitative estimate of drug-likeness (QED) is 0.225. The number of sulfonamides is 1. The van der Waals surface area contributed by atoms with E-state index in [1.54, 1.807) is 69.6 Å². The molecule has 42 heavy (non-hydrogen) atoms. The molecule has 0 atom stereocenters. The summed E-state index contributed by atoms with van der Waals surface area (Å²) in [5.74, 6) is 0.511. The van der Waals surface area contributed by atoms with Crippen molar-refractivity contribution < 1.29 is 26.4 Å². The predicted octanol–water partition coefficient (Wildman–Crippen LogP) is 5.45. The zero-order valence-electron chi connectivity index (χ0n) is 24.1. The molecule has 2 N–H and O–H groups in total. The first-order valence-electron chi connectivity index (χ1n) is 13.9. The highest BCUT2D eigenvalue weighted by Crippen LogP contribution is 2.47. The molecule has 2 aromatic carbocycles. The maximum absolute atomic E-state index is 13.4. The smallest absolute Gasteiger partial charge is 0.331 e. The molecule has 0 bridgehead atoms. The van der Waals surface area contributed by atoms with Crippen LogP contribution in [0.2, 0.25) is 0 Å². The monoisotopic (exact) mass is 620 g/mol. The Kier molecular flexibility index (Phi) is 11.0. The molecule has 0 aliphatic carbocycles. The van der Waals surface area contributed by atoms with E-state index in [1.165, 1.54) is 16.4 Å². The van der Waals surface area contributed by atoms with Gasteiger partial charge in [0.1, 0.15) is 11.6 Å². The fourth-order valence-corrected chi connectivity index (χ4v) is 7.76. The van der Waals surface area contributed by atoms with Crippen LogP contribution in [0.4, 0.5) is 27.5 Å². The minimum absolute atomic E-state index is 0.139. The Labute approximate surface area is 247 Å². The van der Waals surface area contributed by atoms with E-state index < -0.39 is 17.6 Å². The van der Waals surface area contributed by atoms with Crippen molar-refractivity contribution in [2.45, 2.75) is 37.6 Å². The lowest BCUT2D eigenvalue weighted by molar-refractivity contribution is 0.169. The first-order valence-corrected chi connectivity index (χ1v) is 17.1. The standard InChI is InChI=1S/C28H38FN6O5PS/c1-4-39-41(36,40-5-2)21-20-35-18-15-25(16-19-35)34(3)42(37,38)26-12-10-24(11-13-26)32-28-30-17-14-27(33-28)31-23-8-6-22(29)7-9-23/h6-14,17,25H,4-5,15-16,18-21H2,1-3H3,(H2,30,31,32,33). The fraction of sp³-hybridized carbons (Fsp3) is 0.429. The Bertz CT molecular complexity index is 1440. The highest BCUT2D eigenvalue weighted by molar-refractivity contribution is 7.89. The summed E-state index contributed by atoms with van der Waals surface area (Å²) in [4.78, 5) is 11.0. The Morgan fingerprint density at radius 1 is 0.976 bits per heavy atom. The van der Waals surface area contributed by atoms with Gasteiger partial charge >= 0.3 is 7.60 Å². The van der Waals surface area contributed by atoms with Crippen molar-refractivity contribution in [2.24, 2.45) is 0 Å². The van der Waals surface area contributed by atoms with Gasteiger partial charge in [-0.2, -0.15) is 9.29 Å². The second-order valence-corrected chi connectivity index (χ2v) is 14.0. The van der Waals surface area contributed by atoms with Gasteiger partial charge in [-0.25, -0.2) is 17.8 Å². The first kappa shape index (κ1) is 32.0. The molecule has 11 nitrogen and oxygen atoms in total. The minimum Gasteiger partial charge on any atom is -0.340 e. The minimum atomic E-state index is -3.71. The molecule has 2 heterocycles.